The molecule has 0 unspecified atom stereocenters. The van der Waals surface area contributed by atoms with Crippen LogP contribution in [-0.2, 0) is 30.3 Å². The fraction of sp³-hybridized carbons (Fsp3) is 0.319. The van der Waals surface area contributed by atoms with Crippen LogP contribution in [0.3, 0.4) is 0 Å². The summed E-state index contributed by atoms with van der Waals surface area (Å²) in [5.41, 5.74) is 4.11. The molecule has 1 N–H and O–H groups in total. The van der Waals surface area contributed by atoms with Gasteiger partial charge in [-0.15, -0.1) is 0 Å². The Labute approximate surface area is 332 Å². The number of carbonyl (C=O) groups excluding carboxylic acids is 1. The molecule has 0 spiro atoms. The summed E-state index contributed by atoms with van der Waals surface area (Å²) in [6.45, 7) is 14.9. The summed E-state index contributed by atoms with van der Waals surface area (Å²) in [6, 6.07) is 40.4. The van der Waals surface area contributed by atoms with E-state index in [-0.39, 0.29) is 48.9 Å². The number of ketones is 1. The van der Waals surface area contributed by atoms with E-state index in [1.165, 1.54) is 25.8 Å². The normalized spacial score (nSPS) is 12.2. The summed E-state index contributed by atoms with van der Waals surface area (Å²) >= 11 is -3.05. The zero-order valence-corrected chi connectivity index (χ0v) is 37.0. The van der Waals surface area contributed by atoms with Crippen molar-refractivity contribution in [3.05, 3.63) is 133 Å². The standard InChI is InChI=1S/C34H30GeNO.C13H24O2.Ir/c1-34(2,3)30-22-25(21-24-13-11-12-18-28(24)30)33-29-23-32(37-31(29)19-20-36-33)35(4,26-14-7-5-8-15-26)27-16-9-6-10-17-27;1-5-10(6-2)12(14)9-13(15)11(7-3)8-4;/h5-20,22-23H,1-4H3;9-11,14H,5-8H2,1-4H3;/q-1;;/b;12-9-;. The SMILES string of the molecule is CC(C)(C)c1cc(-c2nccc3o[c]([Ge]([CH3])([c]4ccccc4)[c]4ccccc4)cc23)[c-]c2ccccc12.CCC(CC)C(=O)/C=C(\O)C(CC)CC.[Ir]. The van der Waals surface area contributed by atoms with E-state index in [2.05, 4.69) is 130 Å². The van der Waals surface area contributed by atoms with E-state index in [9.17, 15) is 9.90 Å². The van der Waals surface area contributed by atoms with Crippen LogP contribution in [0.1, 0.15) is 79.7 Å². The molecule has 1 radical (unpaired) electrons. The Kier molecular flexibility index (Phi) is 14.7. The minimum Gasteiger partial charge on any atom is -0.512 e. The van der Waals surface area contributed by atoms with Gasteiger partial charge in [-0.3, -0.25) is 4.79 Å². The zero-order chi connectivity index (χ0) is 37.5. The molecule has 0 fully saturated rings. The van der Waals surface area contributed by atoms with Crippen molar-refractivity contribution in [1.82, 2.24) is 4.98 Å². The fourth-order valence-corrected chi connectivity index (χ4v) is 14.2. The second-order valence-electron chi connectivity index (χ2n) is 14.9. The van der Waals surface area contributed by atoms with Gasteiger partial charge in [0.2, 0.25) is 0 Å². The van der Waals surface area contributed by atoms with Crippen LogP contribution in [0.25, 0.3) is 33.0 Å². The third-order valence-electron chi connectivity index (χ3n) is 10.6. The number of nitrogens with zero attached hydrogens (tertiary/aromatic N) is 1. The summed E-state index contributed by atoms with van der Waals surface area (Å²) < 4.78 is 10.5. The number of allylic oxidation sites excluding steroid dienone is 2. The first-order valence-corrected chi connectivity index (χ1v) is 24.1. The van der Waals surface area contributed by atoms with Gasteiger partial charge in [0.05, 0.1) is 5.76 Å². The molecule has 6 rings (SSSR count). The Hall–Kier alpha value is -3.77. The number of fused-ring (bicyclic) bond motifs is 2. The molecule has 4 aromatic carbocycles. The maximum Gasteiger partial charge on any atom is 0.162 e. The Morgan fingerprint density at radius 1 is 0.792 bits per heavy atom. The summed E-state index contributed by atoms with van der Waals surface area (Å²) in [4.78, 5) is 16.6. The van der Waals surface area contributed by atoms with Gasteiger partial charge in [0, 0.05) is 38.0 Å². The van der Waals surface area contributed by atoms with Crippen molar-refractivity contribution in [2.24, 2.45) is 11.8 Å². The summed E-state index contributed by atoms with van der Waals surface area (Å²) in [6.07, 6.45) is 6.77. The van der Waals surface area contributed by atoms with Crippen molar-refractivity contribution in [2.75, 3.05) is 0 Å². The second-order valence-corrected chi connectivity index (χ2v) is 23.1. The number of carbonyl (C=O) groups is 1. The van der Waals surface area contributed by atoms with Gasteiger partial charge in [-0.2, -0.15) is 0 Å². The predicted molar refractivity (Wildman–Crippen MR) is 222 cm³/mol. The van der Waals surface area contributed by atoms with E-state index in [0.717, 1.165) is 57.9 Å². The van der Waals surface area contributed by atoms with E-state index >= 15 is 0 Å². The number of hydrogen-bond acceptors (Lipinski definition) is 4. The number of rotatable bonds is 11. The van der Waals surface area contributed by atoms with Gasteiger partial charge < -0.3 is 5.11 Å². The first-order chi connectivity index (χ1) is 25.0. The number of furan rings is 1. The minimum atomic E-state index is -3.05. The largest absolute Gasteiger partial charge is 0.512 e. The molecule has 2 aromatic heterocycles. The number of aliphatic hydroxyl groups excluding tert-OH is 1. The van der Waals surface area contributed by atoms with Gasteiger partial charge in [0.1, 0.15) is 0 Å². The molecule has 0 saturated heterocycles. The summed E-state index contributed by atoms with van der Waals surface area (Å²) in [7, 11) is 0. The average molecular weight is 946 g/mol. The van der Waals surface area contributed by atoms with Crippen molar-refractivity contribution >= 4 is 54.2 Å². The Bertz CT molecular complexity index is 2080. The van der Waals surface area contributed by atoms with Gasteiger partial charge >= 0.3 is 222 Å². The molecule has 0 aliphatic carbocycles. The number of benzene rings is 4. The third-order valence-corrected chi connectivity index (χ3v) is 19.4. The quantitative estimate of drug-likeness (QED) is 0.0608. The molecule has 279 valence electrons. The third kappa shape index (κ3) is 9.31. The molecule has 0 aliphatic rings. The van der Waals surface area contributed by atoms with Gasteiger partial charge in [0.25, 0.3) is 0 Å². The van der Waals surface area contributed by atoms with Crippen LogP contribution in [0, 0.1) is 17.9 Å². The molecule has 4 nitrogen and oxygen atoms in total. The molecule has 0 atom stereocenters. The van der Waals surface area contributed by atoms with E-state index in [1.54, 1.807) is 0 Å². The van der Waals surface area contributed by atoms with Crippen LogP contribution >= 0.6 is 0 Å². The maximum absolute atomic E-state index is 11.7. The van der Waals surface area contributed by atoms with Crippen LogP contribution in [0.15, 0.2) is 126 Å². The van der Waals surface area contributed by atoms with Crippen molar-refractivity contribution in [2.45, 2.75) is 85.3 Å². The molecule has 2 heterocycles. The predicted octanol–water partition coefficient (Wildman–Crippen LogP) is 10.7. The minimum absolute atomic E-state index is 0. The van der Waals surface area contributed by atoms with Crippen LogP contribution in [0.2, 0.25) is 5.76 Å². The van der Waals surface area contributed by atoms with E-state index in [1.807, 2.05) is 40.0 Å². The molecule has 0 saturated carbocycles. The van der Waals surface area contributed by atoms with Crippen LogP contribution in [-0.4, -0.2) is 29.1 Å². The zero-order valence-electron chi connectivity index (χ0n) is 32.5. The molecule has 6 aromatic rings. The van der Waals surface area contributed by atoms with Crippen LogP contribution in [0.4, 0.5) is 0 Å². The first kappa shape index (κ1) is 42.0. The average Bonchev–Trinajstić information content (AvgIpc) is 3.61. The van der Waals surface area contributed by atoms with Crippen molar-refractivity contribution < 1.29 is 34.4 Å². The molecule has 6 heteroatoms. The molecule has 53 heavy (non-hydrogen) atoms. The summed E-state index contributed by atoms with van der Waals surface area (Å²) in [5, 5.41) is 13.2. The van der Waals surface area contributed by atoms with Gasteiger partial charge in [-0.05, 0) is 25.7 Å². The Balaban J connectivity index is 0.000000335. The number of pyridine rings is 1. The number of hydrogen-bond donors (Lipinski definition) is 1. The van der Waals surface area contributed by atoms with Gasteiger partial charge in [-0.1, -0.05) is 27.7 Å². The van der Waals surface area contributed by atoms with E-state index in [4.69, 9.17) is 9.40 Å². The van der Waals surface area contributed by atoms with Gasteiger partial charge in [-0.25, -0.2) is 0 Å². The molecular formula is C47H54GeIrNO3-. The Morgan fingerprint density at radius 2 is 1.34 bits per heavy atom. The molecule has 0 bridgehead atoms. The summed E-state index contributed by atoms with van der Waals surface area (Å²) in [5.74, 6) is 2.97. The topological polar surface area (TPSA) is 63.3 Å². The molecular weight excluding hydrogens is 891 g/mol. The van der Waals surface area contributed by atoms with Crippen molar-refractivity contribution in [3.63, 3.8) is 0 Å². The van der Waals surface area contributed by atoms with Crippen molar-refractivity contribution in [3.8, 4) is 11.3 Å². The second kappa shape index (κ2) is 18.5. The molecule has 0 amide bonds. The monoisotopic (exact) mass is 947 g/mol. The maximum atomic E-state index is 11.7. The number of aromatic nitrogens is 1. The van der Waals surface area contributed by atoms with Crippen molar-refractivity contribution in [1.29, 1.82) is 0 Å². The first-order valence-electron chi connectivity index (χ1n) is 18.9. The van der Waals surface area contributed by atoms with E-state index in [0.29, 0.717) is 0 Å². The fourth-order valence-electron chi connectivity index (χ4n) is 7.18. The smallest absolute Gasteiger partial charge is 0.162 e. The van der Waals surface area contributed by atoms with Crippen LogP contribution in [0.5, 0.6) is 0 Å². The number of aliphatic hydroxyl groups is 1. The van der Waals surface area contributed by atoms with Gasteiger partial charge in [0.15, 0.2) is 5.78 Å². The van der Waals surface area contributed by atoms with Crippen LogP contribution < -0.4 is 13.4 Å². The molecule has 0 aliphatic heterocycles. The Morgan fingerprint density at radius 3 is 1.89 bits per heavy atom. The van der Waals surface area contributed by atoms with E-state index < -0.39 is 13.3 Å².